The number of ether oxygens (including phenoxy) is 1. The Morgan fingerprint density at radius 3 is 2.62 bits per heavy atom. The van der Waals surface area contributed by atoms with Gasteiger partial charge in [-0.3, -0.25) is 14.9 Å². The molecule has 2 aromatic rings. The monoisotopic (exact) mass is 397 g/mol. The van der Waals surface area contributed by atoms with E-state index < -0.39 is 4.92 Å². The molecule has 0 aliphatic rings. The number of carbonyl (C=O) groups excluding carboxylic acids is 1. The molecule has 2 rings (SSSR count). The Morgan fingerprint density at radius 2 is 2.00 bits per heavy atom. The first-order valence-electron chi connectivity index (χ1n) is 6.14. The van der Waals surface area contributed by atoms with Crippen molar-refractivity contribution < 1.29 is 14.5 Å². The minimum Gasteiger partial charge on any atom is -0.489 e. The van der Waals surface area contributed by atoms with Crippen LogP contribution in [0.4, 0.5) is 5.69 Å². The summed E-state index contributed by atoms with van der Waals surface area (Å²) in [4.78, 5) is 21.8. The highest BCUT2D eigenvalue weighted by Gasteiger charge is 2.18. The van der Waals surface area contributed by atoms with Crippen LogP contribution in [0.25, 0.3) is 0 Å². The quantitative estimate of drug-likeness (QED) is 0.331. The van der Waals surface area contributed by atoms with Crippen molar-refractivity contribution in [1.82, 2.24) is 0 Å². The zero-order valence-electron chi connectivity index (χ0n) is 11.2. The van der Waals surface area contributed by atoms with Gasteiger partial charge in [-0.1, -0.05) is 18.2 Å². The van der Waals surface area contributed by atoms with Crippen molar-refractivity contribution in [3.8, 4) is 5.75 Å². The number of hydrogen-bond donors (Lipinski definition) is 0. The maximum atomic E-state index is 11.4. The van der Waals surface area contributed by atoms with Gasteiger partial charge in [0.1, 0.15) is 12.4 Å². The second kappa shape index (κ2) is 6.66. The number of carbonyl (C=O) groups is 1. The molecule has 0 fully saturated rings. The first kappa shape index (κ1) is 15.4. The summed E-state index contributed by atoms with van der Waals surface area (Å²) in [7, 11) is 0. The fraction of sp³-hybridized carbons (Fsp3) is 0.133. The number of Topliss-reactive ketones (excluding diaryl/α,β-unsaturated/α-hetero) is 1. The van der Waals surface area contributed by atoms with E-state index >= 15 is 0 Å². The second-order valence-electron chi connectivity index (χ2n) is 4.37. The molecule has 0 aromatic heterocycles. The molecule has 21 heavy (non-hydrogen) atoms. The SMILES string of the molecule is CC(=O)c1ccc(OCc2ccccc2I)cc1[N+](=O)[O-]. The molecule has 0 spiro atoms. The van der Waals surface area contributed by atoms with Crippen LogP contribution >= 0.6 is 22.6 Å². The zero-order valence-corrected chi connectivity index (χ0v) is 13.4. The molecule has 0 N–H and O–H groups in total. The van der Waals surface area contributed by atoms with Crippen LogP contribution in [0.2, 0.25) is 0 Å². The van der Waals surface area contributed by atoms with Crippen molar-refractivity contribution in [1.29, 1.82) is 0 Å². The van der Waals surface area contributed by atoms with E-state index in [0.717, 1.165) is 9.13 Å². The molecule has 5 nitrogen and oxygen atoms in total. The van der Waals surface area contributed by atoms with Gasteiger partial charge in [-0.2, -0.15) is 0 Å². The predicted octanol–water partition coefficient (Wildman–Crippen LogP) is 3.98. The molecular weight excluding hydrogens is 385 g/mol. The first-order valence-corrected chi connectivity index (χ1v) is 7.22. The number of ketones is 1. The molecule has 0 unspecified atom stereocenters. The predicted molar refractivity (Wildman–Crippen MR) is 86.6 cm³/mol. The summed E-state index contributed by atoms with van der Waals surface area (Å²) < 4.78 is 6.64. The van der Waals surface area contributed by atoms with Gasteiger partial charge in [0.05, 0.1) is 16.6 Å². The van der Waals surface area contributed by atoms with Crippen molar-refractivity contribution in [2.75, 3.05) is 0 Å². The molecule has 0 saturated heterocycles. The highest BCUT2D eigenvalue weighted by atomic mass is 127. The van der Waals surface area contributed by atoms with Crippen molar-refractivity contribution in [2.45, 2.75) is 13.5 Å². The van der Waals surface area contributed by atoms with E-state index in [4.69, 9.17) is 4.74 Å². The normalized spacial score (nSPS) is 10.2. The molecule has 6 heteroatoms. The molecular formula is C15H12INO4. The number of hydrogen-bond acceptors (Lipinski definition) is 4. The topological polar surface area (TPSA) is 69.4 Å². The Labute approximate surface area is 135 Å². The summed E-state index contributed by atoms with van der Waals surface area (Å²) in [6.07, 6.45) is 0. The fourth-order valence-corrected chi connectivity index (χ4v) is 2.37. The van der Waals surface area contributed by atoms with Crippen molar-refractivity contribution >= 4 is 34.1 Å². The van der Waals surface area contributed by atoms with E-state index in [0.29, 0.717) is 12.4 Å². The number of rotatable bonds is 5. The fourth-order valence-electron chi connectivity index (χ4n) is 1.83. The van der Waals surface area contributed by atoms with Crippen LogP contribution in [0.5, 0.6) is 5.75 Å². The molecule has 0 saturated carbocycles. The smallest absolute Gasteiger partial charge is 0.283 e. The molecule has 0 aliphatic carbocycles. The lowest BCUT2D eigenvalue weighted by Crippen LogP contribution is -2.02. The van der Waals surface area contributed by atoms with Gasteiger partial charge in [-0.15, -0.1) is 0 Å². The Balaban J connectivity index is 2.22. The molecule has 0 atom stereocenters. The van der Waals surface area contributed by atoms with Gasteiger partial charge >= 0.3 is 0 Å². The number of nitro groups is 1. The lowest BCUT2D eigenvalue weighted by atomic mass is 10.1. The summed E-state index contributed by atoms with van der Waals surface area (Å²) in [5, 5.41) is 11.0. The maximum absolute atomic E-state index is 11.4. The molecule has 2 aromatic carbocycles. The second-order valence-corrected chi connectivity index (χ2v) is 5.53. The van der Waals surface area contributed by atoms with Gasteiger partial charge in [0, 0.05) is 9.13 Å². The third kappa shape index (κ3) is 3.78. The minimum absolute atomic E-state index is 0.0849. The van der Waals surface area contributed by atoms with E-state index in [1.54, 1.807) is 6.07 Å². The van der Waals surface area contributed by atoms with Gasteiger partial charge < -0.3 is 4.74 Å². The Bertz CT molecular complexity index is 700. The number of benzene rings is 2. The average Bonchev–Trinajstić information content (AvgIpc) is 2.46. The van der Waals surface area contributed by atoms with E-state index in [-0.39, 0.29) is 17.0 Å². The van der Waals surface area contributed by atoms with Crippen LogP contribution in [-0.4, -0.2) is 10.7 Å². The molecule has 0 heterocycles. The number of halogens is 1. The summed E-state index contributed by atoms with van der Waals surface area (Å²) in [5.41, 5.74) is 0.848. The van der Waals surface area contributed by atoms with Gasteiger partial charge in [-0.05, 0) is 47.7 Å². The Hall–Kier alpha value is -1.96. The van der Waals surface area contributed by atoms with E-state index in [1.165, 1.54) is 19.1 Å². The largest absolute Gasteiger partial charge is 0.489 e. The third-order valence-corrected chi connectivity index (χ3v) is 3.95. The summed E-state index contributed by atoms with van der Waals surface area (Å²) in [6, 6.07) is 12.0. The Morgan fingerprint density at radius 1 is 1.29 bits per heavy atom. The summed E-state index contributed by atoms with van der Waals surface area (Å²) in [6.45, 7) is 1.62. The molecule has 0 radical (unpaired) electrons. The van der Waals surface area contributed by atoms with Gasteiger partial charge in [-0.25, -0.2) is 0 Å². The van der Waals surface area contributed by atoms with Crippen molar-refractivity contribution in [3.05, 3.63) is 67.3 Å². The standard InChI is InChI=1S/C15H12INO4/c1-10(18)13-7-6-12(8-15(13)17(19)20)21-9-11-4-2-3-5-14(11)16/h2-8H,9H2,1H3. The highest BCUT2D eigenvalue weighted by molar-refractivity contribution is 14.1. The molecule has 0 amide bonds. The average molecular weight is 397 g/mol. The van der Waals surface area contributed by atoms with E-state index in [9.17, 15) is 14.9 Å². The van der Waals surface area contributed by atoms with Crippen molar-refractivity contribution in [2.24, 2.45) is 0 Å². The third-order valence-electron chi connectivity index (χ3n) is 2.90. The van der Waals surface area contributed by atoms with Crippen LogP contribution in [0.3, 0.4) is 0 Å². The lowest BCUT2D eigenvalue weighted by molar-refractivity contribution is -0.385. The summed E-state index contributed by atoms with van der Waals surface area (Å²) >= 11 is 2.20. The summed E-state index contributed by atoms with van der Waals surface area (Å²) in [5.74, 6) is 0.0252. The first-order chi connectivity index (χ1) is 9.99. The zero-order chi connectivity index (χ0) is 15.4. The highest BCUT2D eigenvalue weighted by Crippen LogP contribution is 2.26. The van der Waals surface area contributed by atoms with Gasteiger partial charge in [0.25, 0.3) is 5.69 Å². The van der Waals surface area contributed by atoms with Crippen LogP contribution in [0.1, 0.15) is 22.8 Å². The van der Waals surface area contributed by atoms with E-state index in [2.05, 4.69) is 22.6 Å². The Kier molecular flexibility index (Phi) is 4.89. The van der Waals surface area contributed by atoms with Gasteiger partial charge in [0.2, 0.25) is 0 Å². The maximum Gasteiger partial charge on any atom is 0.283 e. The van der Waals surface area contributed by atoms with Crippen LogP contribution in [0.15, 0.2) is 42.5 Å². The number of nitrogens with zero attached hydrogens (tertiary/aromatic N) is 1. The van der Waals surface area contributed by atoms with Crippen LogP contribution in [-0.2, 0) is 6.61 Å². The minimum atomic E-state index is -0.574. The molecule has 0 bridgehead atoms. The molecule has 108 valence electrons. The van der Waals surface area contributed by atoms with E-state index in [1.807, 2.05) is 24.3 Å². The number of nitro benzene ring substituents is 1. The molecule has 0 aliphatic heterocycles. The van der Waals surface area contributed by atoms with Gasteiger partial charge in [0.15, 0.2) is 5.78 Å². The van der Waals surface area contributed by atoms with Crippen LogP contribution < -0.4 is 4.74 Å². The van der Waals surface area contributed by atoms with Crippen LogP contribution in [0, 0.1) is 13.7 Å². The lowest BCUT2D eigenvalue weighted by Gasteiger charge is -2.08. The van der Waals surface area contributed by atoms with Crippen molar-refractivity contribution in [3.63, 3.8) is 0 Å².